The molecule has 0 N–H and O–H groups in total. The van der Waals surface area contributed by atoms with Gasteiger partial charge in [0.25, 0.3) is 0 Å². The Morgan fingerprint density at radius 3 is 1.87 bits per heavy atom. The minimum absolute atomic E-state index is 0.710. The first-order valence-corrected chi connectivity index (χ1v) is 7.14. The summed E-state index contributed by atoms with van der Waals surface area (Å²) < 4.78 is 0. The highest BCUT2D eigenvalue weighted by Crippen LogP contribution is 2.64. The molecule has 0 aliphatic heterocycles. The van der Waals surface area contributed by atoms with Crippen LogP contribution in [0.4, 0.5) is 0 Å². The summed E-state index contributed by atoms with van der Waals surface area (Å²) in [6, 6.07) is 0. The molecule has 1 atom stereocenters. The summed E-state index contributed by atoms with van der Waals surface area (Å²) >= 11 is 0. The van der Waals surface area contributed by atoms with Gasteiger partial charge in [0.2, 0.25) is 0 Å². The van der Waals surface area contributed by atoms with Gasteiger partial charge in [0.05, 0.1) is 0 Å². The summed E-state index contributed by atoms with van der Waals surface area (Å²) in [5.74, 6) is 5.38. The van der Waals surface area contributed by atoms with Crippen LogP contribution in [0.25, 0.3) is 0 Å². The summed E-state index contributed by atoms with van der Waals surface area (Å²) in [6.07, 6.45) is 9.28. The third-order valence-electron chi connectivity index (χ3n) is 6.57. The lowest BCUT2D eigenvalue weighted by Gasteiger charge is -2.62. The van der Waals surface area contributed by atoms with Gasteiger partial charge in [-0.15, -0.1) is 0 Å². The molecule has 0 spiro atoms. The minimum Gasteiger partial charge on any atom is -0.0651 e. The molecule has 15 heavy (non-hydrogen) atoms. The predicted molar refractivity (Wildman–Crippen MR) is 64.6 cm³/mol. The summed E-state index contributed by atoms with van der Waals surface area (Å²) in [7, 11) is 0. The Kier molecular flexibility index (Phi) is 2.20. The van der Waals surface area contributed by atoms with Crippen LogP contribution in [0.15, 0.2) is 0 Å². The van der Waals surface area contributed by atoms with Crippen LogP contribution in [0.1, 0.15) is 59.3 Å². The first kappa shape index (κ1) is 10.2. The van der Waals surface area contributed by atoms with E-state index in [9.17, 15) is 0 Å². The van der Waals surface area contributed by atoms with E-state index in [1.807, 2.05) is 0 Å². The van der Waals surface area contributed by atoms with E-state index in [-0.39, 0.29) is 0 Å². The van der Waals surface area contributed by atoms with Crippen molar-refractivity contribution >= 4 is 0 Å². The molecular formula is C15H26. The average molecular weight is 206 g/mol. The van der Waals surface area contributed by atoms with Crippen molar-refractivity contribution in [3.63, 3.8) is 0 Å². The van der Waals surface area contributed by atoms with E-state index >= 15 is 0 Å². The second kappa shape index (κ2) is 3.25. The highest BCUT2D eigenvalue weighted by molar-refractivity contribution is 5.05. The van der Waals surface area contributed by atoms with Crippen LogP contribution in [0, 0.1) is 35.0 Å². The summed E-state index contributed by atoms with van der Waals surface area (Å²) in [5, 5.41) is 0. The van der Waals surface area contributed by atoms with Crippen LogP contribution in [-0.4, -0.2) is 0 Å². The first-order chi connectivity index (χ1) is 7.14. The maximum absolute atomic E-state index is 2.63. The third kappa shape index (κ3) is 1.26. The highest BCUT2D eigenvalue weighted by atomic mass is 14.6. The van der Waals surface area contributed by atoms with E-state index in [1.54, 1.807) is 32.1 Å². The van der Waals surface area contributed by atoms with Crippen molar-refractivity contribution in [1.29, 1.82) is 0 Å². The molecule has 4 saturated carbocycles. The molecule has 4 bridgehead atoms. The van der Waals surface area contributed by atoms with Gasteiger partial charge in [0.15, 0.2) is 0 Å². The van der Waals surface area contributed by atoms with Crippen LogP contribution in [0.2, 0.25) is 0 Å². The zero-order chi connectivity index (χ0) is 10.6. The van der Waals surface area contributed by atoms with Gasteiger partial charge in [0, 0.05) is 0 Å². The second-order valence-corrected chi connectivity index (χ2v) is 6.98. The molecule has 86 valence electrons. The number of hydrogen-bond donors (Lipinski definition) is 0. The molecule has 0 aromatic carbocycles. The third-order valence-corrected chi connectivity index (χ3v) is 6.57. The van der Waals surface area contributed by atoms with E-state index < -0.39 is 0 Å². The van der Waals surface area contributed by atoms with Crippen molar-refractivity contribution in [3.05, 3.63) is 0 Å². The number of hydrogen-bond acceptors (Lipinski definition) is 0. The van der Waals surface area contributed by atoms with Gasteiger partial charge < -0.3 is 0 Å². The van der Waals surface area contributed by atoms with E-state index in [2.05, 4.69) is 20.8 Å². The van der Waals surface area contributed by atoms with Gasteiger partial charge in [-0.05, 0) is 67.1 Å². The summed E-state index contributed by atoms with van der Waals surface area (Å²) in [5.41, 5.74) is 0.710. The van der Waals surface area contributed by atoms with Gasteiger partial charge in [-0.1, -0.05) is 27.2 Å². The Morgan fingerprint density at radius 2 is 1.47 bits per heavy atom. The number of rotatable bonds is 2. The zero-order valence-corrected chi connectivity index (χ0v) is 10.6. The SMILES string of the molecule is CCC(C)C1(C)C2CC3CC(C2)CC1C3. The van der Waals surface area contributed by atoms with Gasteiger partial charge in [0.1, 0.15) is 0 Å². The maximum atomic E-state index is 2.63. The molecule has 4 aliphatic rings. The Labute approximate surface area is 94.8 Å². The van der Waals surface area contributed by atoms with Crippen LogP contribution < -0.4 is 0 Å². The van der Waals surface area contributed by atoms with E-state index in [0.717, 1.165) is 29.6 Å². The molecule has 4 fully saturated rings. The zero-order valence-electron chi connectivity index (χ0n) is 10.6. The molecular weight excluding hydrogens is 180 g/mol. The van der Waals surface area contributed by atoms with Crippen LogP contribution in [0.5, 0.6) is 0 Å². The molecule has 1 unspecified atom stereocenters. The standard InChI is InChI=1S/C15H26/c1-4-10(2)15(3)13-6-11-5-12(8-13)9-14(15)7-11/h10-14H,4-9H2,1-3H3. The average Bonchev–Trinajstić information content (AvgIpc) is 2.23. The van der Waals surface area contributed by atoms with Gasteiger partial charge in [-0.25, -0.2) is 0 Å². The second-order valence-electron chi connectivity index (χ2n) is 6.98. The Bertz CT molecular complexity index is 225. The molecule has 0 nitrogen and oxygen atoms in total. The quantitative estimate of drug-likeness (QED) is 0.624. The minimum atomic E-state index is 0.710. The highest BCUT2D eigenvalue weighted by Gasteiger charge is 2.55. The topological polar surface area (TPSA) is 0 Å². The Hall–Kier alpha value is 0. The fourth-order valence-corrected chi connectivity index (χ4v) is 5.44. The lowest BCUT2D eigenvalue weighted by molar-refractivity contribution is -0.127. The maximum Gasteiger partial charge on any atom is -0.0243 e. The lowest BCUT2D eigenvalue weighted by atomic mass is 9.43. The molecule has 0 radical (unpaired) electrons. The van der Waals surface area contributed by atoms with Gasteiger partial charge in [-0.3, -0.25) is 0 Å². The van der Waals surface area contributed by atoms with Crippen LogP contribution >= 0.6 is 0 Å². The van der Waals surface area contributed by atoms with Crippen molar-refractivity contribution in [2.24, 2.45) is 35.0 Å². The molecule has 0 saturated heterocycles. The van der Waals surface area contributed by atoms with Crippen molar-refractivity contribution in [2.45, 2.75) is 59.3 Å². The normalized spacial score (nSPS) is 54.6. The summed E-state index contributed by atoms with van der Waals surface area (Å²) in [6.45, 7) is 7.54. The van der Waals surface area contributed by atoms with Crippen LogP contribution in [0.3, 0.4) is 0 Å². The fraction of sp³-hybridized carbons (Fsp3) is 1.00. The smallest absolute Gasteiger partial charge is 0.0243 e. The first-order valence-electron chi connectivity index (χ1n) is 7.14. The van der Waals surface area contributed by atoms with E-state index in [1.165, 1.54) is 6.42 Å². The Balaban J connectivity index is 1.91. The fourth-order valence-electron chi connectivity index (χ4n) is 5.44. The van der Waals surface area contributed by atoms with Crippen molar-refractivity contribution in [2.75, 3.05) is 0 Å². The molecule has 0 heteroatoms. The lowest BCUT2D eigenvalue weighted by Crippen LogP contribution is -2.54. The van der Waals surface area contributed by atoms with E-state index in [0.29, 0.717) is 5.41 Å². The summed E-state index contributed by atoms with van der Waals surface area (Å²) in [4.78, 5) is 0. The molecule has 0 aromatic rings. The van der Waals surface area contributed by atoms with E-state index in [4.69, 9.17) is 0 Å². The monoisotopic (exact) mass is 206 g/mol. The molecule has 0 aromatic heterocycles. The predicted octanol–water partition coefficient (Wildman–Crippen LogP) is 4.49. The van der Waals surface area contributed by atoms with Crippen molar-refractivity contribution < 1.29 is 0 Å². The largest absolute Gasteiger partial charge is 0.0651 e. The van der Waals surface area contributed by atoms with Crippen LogP contribution in [-0.2, 0) is 0 Å². The van der Waals surface area contributed by atoms with Crippen molar-refractivity contribution in [1.82, 2.24) is 0 Å². The molecule has 0 heterocycles. The molecule has 4 rings (SSSR count). The molecule has 0 amide bonds. The van der Waals surface area contributed by atoms with Gasteiger partial charge in [-0.2, -0.15) is 0 Å². The molecule has 4 aliphatic carbocycles. The van der Waals surface area contributed by atoms with Gasteiger partial charge >= 0.3 is 0 Å². The van der Waals surface area contributed by atoms with Crippen molar-refractivity contribution in [3.8, 4) is 0 Å². The Morgan fingerprint density at radius 1 is 1.00 bits per heavy atom.